The van der Waals surface area contributed by atoms with Crippen LogP contribution in [0.2, 0.25) is 0 Å². The maximum absolute atomic E-state index is 4.18. The highest BCUT2D eigenvalue weighted by molar-refractivity contribution is 5.67. The van der Waals surface area contributed by atoms with Gasteiger partial charge in [-0.15, -0.1) is 0 Å². The number of benzene rings is 1. The second-order valence-corrected chi connectivity index (χ2v) is 5.74. The Hall–Kier alpha value is -1.67. The average Bonchev–Trinajstić information content (AvgIpc) is 3.01. The molecule has 0 amide bonds. The van der Waals surface area contributed by atoms with Gasteiger partial charge in [-0.2, -0.15) is 0 Å². The molecule has 1 aliphatic heterocycles. The van der Waals surface area contributed by atoms with Crippen LogP contribution >= 0.6 is 0 Å². The van der Waals surface area contributed by atoms with Gasteiger partial charge in [0, 0.05) is 18.4 Å². The van der Waals surface area contributed by atoms with E-state index in [4.69, 9.17) is 0 Å². The Kier molecular flexibility index (Phi) is 3.83. The molecule has 0 unspecified atom stereocenters. The molecule has 20 heavy (non-hydrogen) atoms. The molecule has 1 saturated heterocycles. The highest BCUT2D eigenvalue weighted by Crippen LogP contribution is 2.29. The number of hydrogen-bond donors (Lipinski definition) is 0. The van der Waals surface area contributed by atoms with Crippen LogP contribution in [-0.4, -0.2) is 23.0 Å². The van der Waals surface area contributed by atoms with Crippen LogP contribution in [0.15, 0.2) is 42.7 Å². The number of hydrogen-bond acceptors (Lipinski definition) is 2. The summed E-state index contributed by atoms with van der Waals surface area (Å²) in [6.45, 7) is 6.92. The second kappa shape index (κ2) is 5.76. The van der Waals surface area contributed by atoms with Gasteiger partial charge in [-0.25, -0.2) is 0 Å². The zero-order valence-electron chi connectivity index (χ0n) is 12.3. The Morgan fingerprint density at radius 2 is 1.95 bits per heavy atom. The third kappa shape index (κ3) is 2.61. The first-order valence-corrected chi connectivity index (χ1v) is 7.51. The summed E-state index contributed by atoms with van der Waals surface area (Å²) in [5.74, 6) is 0. The Morgan fingerprint density at radius 1 is 1.15 bits per heavy atom. The number of pyridine rings is 1. The number of nitrogens with zero attached hydrogens (tertiary/aromatic N) is 2. The van der Waals surface area contributed by atoms with Gasteiger partial charge in [0.05, 0.1) is 0 Å². The third-order valence-corrected chi connectivity index (χ3v) is 4.39. The van der Waals surface area contributed by atoms with Crippen molar-refractivity contribution in [1.82, 2.24) is 9.88 Å². The number of likely N-dealkylation sites (tertiary alicyclic amines) is 1. The van der Waals surface area contributed by atoms with Crippen molar-refractivity contribution in [2.45, 2.75) is 32.7 Å². The Bertz CT molecular complexity index is 585. The van der Waals surface area contributed by atoms with Gasteiger partial charge in [-0.3, -0.25) is 9.88 Å². The lowest BCUT2D eigenvalue weighted by molar-refractivity contribution is 0.263. The summed E-state index contributed by atoms with van der Waals surface area (Å²) in [4.78, 5) is 6.76. The van der Waals surface area contributed by atoms with Gasteiger partial charge >= 0.3 is 0 Å². The van der Waals surface area contributed by atoms with Crippen LogP contribution < -0.4 is 0 Å². The predicted molar refractivity (Wildman–Crippen MR) is 83.6 cm³/mol. The minimum absolute atomic E-state index is 0.514. The molecule has 1 atom stereocenters. The summed E-state index contributed by atoms with van der Waals surface area (Å²) in [6, 6.07) is 11.6. The SMILES string of the molecule is Cc1cnccc1-c1cccc([C@@H](C)N2CCCC2)c1. The summed E-state index contributed by atoms with van der Waals surface area (Å²) < 4.78 is 0. The molecule has 0 aliphatic carbocycles. The van der Waals surface area contributed by atoms with Crippen LogP contribution in [-0.2, 0) is 0 Å². The van der Waals surface area contributed by atoms with E-state index in [1.807, 2.05) is 12.4 Å². The molecule has 2 heterocycles. The number of aromatic nitrogens is 1. The fourth-order valence-corrected chi connectivity index (χ4v) is 3.10. The summed E-state index contributed by atoms with van der Waals surface area (Å²) >= 11 is 0. The van der Waals surface area contributed by atoms with Crippen molar-refractivity contribution >= 4 is 0 Å². The molecule has 0 N–H and O–H groups in total. The van der Waals surface area contributed by atoms with Crippen molar-refractivity contribution in [2.24, 2.45) is 0 Å². The minimum atomic E-state index is 0.514. The van der Waals surface area contributed by atoms with E-state index in [-0.39, 0.29) is 0 Å². The fraction of sp³-hybridized carbons (Fsp3) is 0.389. The first-order chi connectivity index (χ1) is 9.75. The predicted octanol–water partition coefficient (Wildman–Crippen LogP) is 4.21. The third-order valence-electron chi connectivity index (χ3n) is 4.39. The van der Waals surface area contributed by atoms with E-state index in [9.17, 15) is 0 Å². The smallest absolute Gasteiger partial charge is 0.0320 e. The number of aryl methyl sites for hydroxylation is 1. The lowest BCUT2D eigenvalue weighted by Gasteiger charge is -2.24. The van der Waals surface area contributed by atoms with E-state index in [1.165, 1.54) is 48.2 Å². The minimum Gasteiger partial charge on any atom is -0.297 e. The van der Waals surface area contributed by atoms with Gasteiger partial charge < -0.3 is 0 Å². The summed E-state index contributed by atoms with van der Waals surface area (Å²) in [5, 5.41) is 0. The van der Waals surface area contributed by atoms with E-state index < -0.39 is 0 Å². The second-order valence-electron chi connectivity index (χ2n) is 5.74. The monoisotopic (exact) mass is 266 g/mol. The molecule has 0 spiro atoms. The molecule has 0 saturated carbocycles. The maximum Gasteiger partial charge on any atom is 0.0320 e. The quantitative estimate of drug-likeness (QED) is 0.827. The molecule has 3 rings (SSSR count). The van der Waals surface area contributed by atoms with Crippen molar-refractivity contribution in [3.05, 3.63) is 53.9 Å². The Morgan fingerprint density at radius 3 is 2.70 bits per heavy atom. The lowest BCUT2D eigenvalue weighted by atomic mass is 9.98. The van der Waals surface area contributed by atoms with Crippen molar-refractivity contribution in [1.29, 1.82) is 0 Å². The van der Waals surface area contributed by atoms with E-state index in [2.05, 4.69) is 54.1 Å². The van der Waals surface area contributed by atoms with Crippen LogP contribution in [0.5, 0.6) is 0 Å². The largest absolute Gasteiger partial charge is 0.297 e. The molecule has 0 bridgehead atoms. The van der Waals surface area contributed by atoms with Gasteiger partial charge in [0.15, 0.2) is 0 Å². The molecule has 104 valence electrons. The zero-order chi connectivity index (χ0) is 13.9. The van der Waals surface area contributed by atoms with Crippen LogP contribution in [0.3, 0.4) is 0 Å². The van der Waals surface area contributed by atoms with Gasteiger partial charge in [0.25, 0.3) is 0 Å². The highest BCUT2D eigenvalue weighted by Gasteiger charge is 2.19. The molecular formula is C18H22N2. The van der Waals surface area contributed by atoms with E-state index in [0.29, 0.717) is 6.04 Å². The fourth-order valence-electron chi connectivity index (χ4n) is 3.10. The van der Waals surface area contributed by atoms with Crippen molar-refractivity contribution < 1.29 is 0 Å². The van der Waals surface area contributed by atoms with E-state index in [0.717, 1.165) is 0 Å². The molecule has 2 nitrogen and oxygen atoms in total. The Labute approximate surface area is 121 Å². The van der Waals surface area contributed by atoms with Crippen molar-refractivity contribution in [2.75, 3.05) is 13.1 Å². The van der Waals surface area contributed by atoms with Gasteiger partial charge in [0.2, 0.25) is 0 Å². The molecular weight excluding hydrogens is 244 g/mol. The van der Waals surface area contributed by atoms with Crippen molar-refractivity contribution in [3.8, 4) is 11.1 Å². The first kappa shape index (κ1) is 13.3. The lowest BCUT2D eigenvalue weighted by Crippen LogP contribution is -2.23. The molecule has 1 fully saturated rings. The van der Waals surface area contributed by atoms with Crippen LogP contribution in [0, 0.1) is 6.92 Å². The molecule has 2 aromatic rings. The first-order valence-electron chi connectivity index (χ1n) is 7.51. The average molecular weight is 266 g/mol. The molecule has 1 aromatic heterocycles. The normalized spacial score (nSPS) is 17.3. The van der Waals surface area contributed by atoms with Crippen LogP contribution in [0.25, 0.3) is 11.1 Å². The molecule has 2 heteroatoms. The molecule has 1 aromatic carbocycles. The van der Waals surface area contributed by atoms with Gasteiger partial charge in [-0.1, -0.05) is 18.2 Å². The van der Waals surface area contributed by atoms with Crippen molar-refractivity contribution in [3.63, 3.8) is 0 Å². The Balaban J connectivity index is 1.91. The topological polar surface area (TPSA) is 16.1 Å². The summed E-state index contributed by atoms with van der Waals surface area (Å²) in [5.41, 5.74) is 5.24. The molecule has 1 aliphatic rings. The van der Waals surface area contributed by atoms with E-state index in [1.54, 1.807) is 0 Å². The zero-order valence-corrected chi connectivity index (χ0v) is 12.3. The van der Waals surface area contributed by atoms with Crippen LogP contribution in [0.4, 0.5) is 0 Å². The molecule has 0 radical (unpaired) electrons. The van der Waals surface area contributed by atoms with E-state index >= 15 is 0 Å². The summed E-state index contributed by atoms with van der Waals surface area (Å²) in [6.07, 6.45) is 6.49. The summed E-state index contributed by atoms with van der Waals surface area (Å²) in [7, 11) is 0. The van der Waals surface area contributed by atoms with Gasteiger partial charge in [-0.05, 0) is 74.2 Å². The number of rotatable bonds is 3. The van der Waals surface area contributed by atoms with Crippen LogP contribution in [0.1, 0.15) is 36.9 Å². The maximum atomic E-state index is 4.18. The highest BCUT2D eigenvalue weighted by atomic mass is 15.2. The van der Waals surface area contributed by atoms with Gasteiger partial charge in [0.1, 0.15) is 0 Å². The standard InChI is InChI=1S/C18H22N2/c1-14-13-19-9-8-18(14)17-7-5-6-16(12-17)15(2)20-10-3-4-11-20/h5-9,12-13,15H,3-4,10-11H2,1-2H3/t15-/m1/s1.